The van der Waals surface area contributed by atoms with Gasteiger partial charge in [-0.1, -0.05) is 19.1 Å². The second kappa shape index (κ2) is 7.29. The van der Waals surface area contributed by atoms with Gasteiger partial charge in [0.05, 0.1) is 6.04 Å². The van der Waals surface area contributed by atoms with Crippen molar-refractivity contribution in [2.75, 3.05) is 6.54 Å². The summed E-state index contributed by atoms with van der Waals surface area (Å²) in [5.74, 6) is -0.224. The first-order chi connectivity index (χ1) is 10.1. The number of benzene rings is 1. The number of rotatable bonds is 6. The number of nitrogens with zero attached hydrogens (tertiary/aromatic N) is 2. The van der Waals surface area contributed by atoms with E-state index in [1.165, 1.54) is 11.6 Å². The Balaban J connectivity index is 2.26. The molecule has 0 amide bonds. The molecular formula is C17H22FN3. The number of halogens is 1. The van der Waals surface area contributed by atoms with Gasteiger partial charge in [0.15, 0.2) is 0 Å². The van der Waals surface area contributed by atoms with E-state index >= 15 is 0 Å². The summed E-state index contributed by atoms with van der Waals surface area (Å²) in [4.78, 5) is 6.29. The zero-order chi connectivity index (χ0) is 15.2. The van der Waals surface area contributed by atoms with Gasteiger partial charge in [-0.05, 0) is 48.9 Å². The van der Waals surface area contributed by atoms with Crippen LogP contribution in [0.3, 0.4) is 0 Å². The minimum atomic E-state index is -0.224. The van der Waals surface area contributed by atoms with E-state index in [0.29, 0.717) is 0 Å². The van der Waals surface area contributed by atoms with E-state index < -0.39 is 0 Å². The third-order valence-corrected chi connectivity index (χ3v) is 3.62. The molecule has 2 rings (SSSR count). The summed E-state index contributed by atoms with van der Waals surface area (Å²) in [6, 6.07) is 10.6. The van der Waals surface area contributed by atoms with Crippen molar-refractivity contribution in [1.29, 1.82) is 0 Å². The second-order valence-electron chi connectivity index (χ2n) is 5.28. The van der Waals surface area contributed by atoms with E-state index in [2.05, 4.69) is 16.8 Å². The van der Waals surface area contributed by atoms with Crippen LogP contribution in [0, 0.1) is 5.82 Å². The molecule has 0 bridgehead atoms. The molecule has 4 heteroatoms. The van der Waals surface area contributed by atoms with Gasteiger partial charge in [0.25, 0.3) is 0 Å². The van der Waals surface area contributed by atoms with Gasteiger partial charge in [0.1, 0.15) is 5.82 Å². The van der Waals surface area contributed by atoms with E-state index in [0.717, 1.165) is 18.7 Å². The van der Waals surface area contributed by atoms with Gasteiger partial charge in [-0.3, -0.25) is 9.88 Å². The maximum atomic E-state index is 13.5. The highest BCUT2D eigenvalue weighted by molar-refractivity contribution is 5.22. The molecule has 2 aromatic rings. The molecule has 0 aliphatic rings. The molecule has 1 aromatic carbocycles. The Morgan fingerprint density at radius 1 is 1.24 bits per heavy atom. The minimum Gasteiger partial charge on any atom is -0.326 e. The van der Waals surface area contributed by atoms with Gasteiger partial charge in [0, 0.05) is 25.0 Å². The first-order valence-corrected chi connectivity index (χ1v) is 7.25. The first-order valence-electron chi connectivity index (χ1n) is 7.25. The molecule has 0 saturated heterocycles. The van der Waals surface area contributed by atoms with Crippen LogP contribution in [0.1, 0.15) is 31.0 Å². The Bertz CT molecular complexity index is 557. The summed E-state index contributed by atoms with van der Waals surface area (Å²) >= 11 is 0. The topological polar surface area (TPSA) is 42.2 Å². The molecule has 2 unspecified atom stereocenters. The minimum absolute atomic E-state index is 0.0149. The predicted molar refractivity (Wildman–Crippen MR) is 83.1 cm³/mol. The Kier molecular flexibility index (Phi) is 5.42. The van der Waals surface area contributed by atoms with Gasteiger partial charge in [-0.25, -0.2) is 4.39 Å². The first kappa shape index (κ1) is 15.6. The fourth-order valence-corrected chi connectivity index (χ4v) is 2.67. The molecule has 2 N–H and O–H groups in total. The molecule has 0 radical (unpaired) electrons. The van der Waals surface area contributed by atoms with Gasteiger partial charge in [0.2, 0.25) is 0 Å². The standard InChI is InChI=1S/C17H22FN3/c1-3-21(12-14-7-9-20-10-8-14)17(13(2)19)15-5-4-6-16(18)11-15/h4-11,13,17H,3,12,19H2,1-2H3. The molecule has 21 heavy (non-hydrogen) atoms. The van der Waals surface area contributed by atoms with Crippen molar-refractivity contribution in [3.05, 3.63) is 65.7 Å². The number of hydrogen-bond donors (Lipinski definition) is 1. The zero-order valence-electron chi connectivity index (χ0n) is 12.5. The SMILES string of the molecule is CCN(Cc1ccncc1)C(c1cccc(F)c1)C(C)N. The van der Waals surface area contributed by atoms with Crippen LogP contribution in [0.15, 0.2) is 48.8 Å². The van der Waals surface area contributed by atoms with Crippen molar-refractivity contribution >= 4 is 0 Å². The number of likely N-dealkylation sites (N-methyl/N-ethyl adjacent to an activating group) is 1. The molecule has 0 saturated carbocycles. The fourth-order valence-electron chi connectivity index (χ4n) is 2.67. The van der Waals surface area contributed by atoms with Crippen molar-refractivity contribution in [3.8, 4) is 0 Å². The summed E-state index contributed by atoms with van der Waals surface area (Å²) in [6.07, 6.45) is 3.57. The average Bonchev–Trinajstić information content (AvgIpc) is 2.47. The molecule has 1 aromatic heterocycles. The molecule has 1 heterocycles. The number of pyridine rings is 1. The molecule has 112 valence electrons. The molecule has 0 spiro atoms. The Morgan fingerprint density at radius 2 is 1.95 bits per heavy atom. The van der Waals surface area contributed by atoms with E-state index in [9.17, 15) is 4.39 Å². The highest BCUT2D eigenvalue weighted by atomic mass is 19.1. The van der Waals surface area contributed by atoms with Crippen molar-refractivity contribution < 1.29 is 4.39 Å². The van der Waals surface area contributed by atoms with Gasteiger partial charge < -0.3 is 5.73 Å². The van der Waals surface area contributed by atoms with E-state index in [4.69, 9.17) is 5.73 Å². The second-order valence-corrected chi connectivity index (χ2v) is 5.28. The van der Waals surface area contributed by atoms with Crippen LogP contribution in [0.5, 0.6) is 0 Å². The van der Waals surface area contributed by atoms with Crippen LogP contribution < -0.4 is 5.73 Å². The van der Waals surface area contributed by atoms with Crippen molar-refractivity contribution in [1.82, 2.24) is 9.88 Å². The van der Waals surface area contributed by atoms with Gasteiger partial charge in [-0.2, -0.15) is 0 Å². The lowest BCUT2D eigenvalue weighted by atomic mass is 9.98. The molecular weight excluding hydrogens is 265 g/mol. The molecule has 0 fully saturated rings. The normalized spacial score (nSPS) is 14.1. The summed E-state index contributed by atoms with van der Waals surface area (Å²) in [5.41, 5.74) is 8.26. The number of aromatic nitrogens is 1. The maximum Gasteiger partial charge on any atom is 0.123 e. The Hall–Kier alpha value is -1.78. The van der Waals surface area contributed by atoms with Gasteiger partial charge in [-0.15, -0.1) is 0 Å². The van der Waals surface area contributed by atoms with Crippen molar-refractivity contribution in [3.63, 3.8) is 0 Å². The number of hydrogen-bond acceptors (Lipinski definition) is 3. The van der Waals surface area contributed by atoms with Crippen molar-refractivity contribution in [2.24, 2.45) is 5.73 Å². The molecule has 0 aliphatic carbocycles. The van der Waals surface area contributed by atoms with Gasteiger partial charge >= 0.3 is 0 Å². The summed E-state index contributed by atoms with van der Waals surface area (Å²) in [7, 11) is 0. The van der Waals surface area contributed by atoms with Crippen LogP contribution in [0.2, 0.25) is 0 Å². The monoisotopic (exact) mass is 287 g/mol. The lowest BCUT2D eigenvalue weighted by Crippen LogP contribution is -2.39. The summed E-state index contributed by atoms with van der Waals surface area (Å²) < 4.78 is 13.5. The fraction of sp³-hybridized carbons (Fsp3) is 0.353. The van der Waals surface area contributed by atoms with Crippen molar-refractivity contribution in [2.45, 2.75) is 32.5 Å². The Morgan fingerprint density at radius 3 is 2.52 bits per heavy atom. The third kappa shape index (κ3) is 4.09. The summed E-state index contributed by atoms with van der Waals surface area (Å²) in [5, 5.41) is 0. The van der Waals surface area contributed by atoms with Crippen LogP contribution >= 0.6 is 0 Å². The quantitative estimate of drug-likeness (QED) is 0.887. The largest absolute Gasteiger partial charge is 0.326 e. The smallest absolute Gasteiger partial charge is 0.123 e. The molecule has 2 atom stereocenters. The van der Waals surface area contributed by atoms with E-state index in [1.807, 2.05) is 25.1 Å². The van der Waals surface area contributed by atoms with Crippen LogP contribution in [-0.4, -0.2) is 22.5 Å². The van der Waals surface area contributed by atoms with E-state index in [1.54, 1.807) is 24.5 Å². The third-order valence-electron chi connectivity index (χ3n) is 3.62. The summed E-state index contributed by atoms with van der Waals surface area (Å²) in [6.45, 7) is 5.66. The van der Waals surface area contributed by atoms with E-state index in [-0.39, 0.29) is 17.9 Å². The Labute approximate surface area is 125 Å². The van der Waals surface area contributed by atoms with Crippen LogP contribution in [-0.2, 0) is 6.54 Å². The zero-order valence-corrected chi connectivity index (χ0v) is 12.5. The van der Waals surface area contributed by atoms with Crippen LogP contribution in [0.4, 0.5) is 4.39 Å². The lowest BCUT2D eigenvalue weighted by Gasteiger charge is -2.34. The molecule has 3 nitrogen and oxygen atoms in total. The van der Waals surface area contributed by atoms with Crippen LogP contribution in [0.25, 0.3) is 0 Å². The highest BCUT2D eigenvalue weighted by Gasteiger charge is 2.23. The highest BCUT2D eigenvalue weighted by Crippen LogP contribution is 2.25. The maximum absolute atomic E-state index is 13.5. The molecule has 0 aliphatic heterocycles. The predicted octanol–water partition coefficient (Wildman–Crippen LogP) is 3.13. The number of nitrogens with two attached hydrogens (primary N) is 1. The lowest BCUT2D eigenvalue weighted by molar-refractivity contribution is 0.176. The average molecular weight is 287 g/mol.